The molecule has 0 saturated heterocycles. The Hall–Kier alpha value is -4.60. The number of methoxy groups -OCH3 is 1. The topological polar surface area (TPSA) is 130 Å². The number of hydrazone groups is 1. The van der Waals surface area contributed by atoms with E-state index >= 15 is 0 Å². The van der Waals surface area contributed by atoms with Crippen LogP contribution < -0.4 is 20.8 Å². The number of rotatable bonds is 9. The molecule has 2 heterocycles. The van der Waals surface area contributed by atoms with Gasteiger partial charge in [-0.25, -0.2) is 5.43 Å². The highest BCUT2D eigenvalue weighted by Gasteiger charge is 2.08. The molecule has 32 heavy (non-hydrogen) atoms. The molecule has 0 aliphatic heterocycles. The van der Waals surface area contributed by atoms with Crippen LogP contribution in [0.3, 0.4) is 0 Å². The van der Waals surface area contributed by atoms with Crippen LogP contribution in [0.4, 0.5) is 23.5 Å². The van der Waals surface area contributed by atoms with Crippen LogP contribution in [0.5, 0.6) is 11.5 Å². The average Bonchev–Trinajstić information content (AvgIpc) is 3.33. The van der Waals surface area contributed by atoms with E-state index in [0.717, 1.165) is 17.2 Å². The van der Waals surface area contributed by atoms with E-state index in [1.165, 1.54) is 6.21 Å². The largest absolute Gasteiger partial charge is 0.507 e. The molecule has 2 aromatic carbocycles. The van der Waals surface area contributed by atoms with Crippen LogP contribution in [0.1, 0.15) is 11.3 Å². The Balaban J connectivity index is 1.53. The molecule has 2 aromatic heterocycles. The zero-order chi connectivity index (χ0) is 22.2. The van der Waals surface area contributed by atoms with E-state index in [4.69, 9.17) is 9.15 Å². The highest BCUT2D eigenvalue weighted by molar-refractivity contribution is 5.83. The summed E-state index contributed by atoms with van der Waals surface area (Å²) in [4.78, 5) is 13.1. The summed E-state index contributed by atoms with van der Waals surface area (Å²) in [6.45, 7) is 0.402. The zero-order valence-corrected chi connectivity index (χ0v) is 17.2. The van der Waals surface area contributed by atoms with Gasteiger partial charge in [-0.3, -0.25) is 0 Å². The molecule has 0 fully saturated rings. The Morgan fingerprint density at radius 3 is 2.50 bits per heavy atom. The van der Waals surface area contributed by atoms with Crippen LogP contribution in [0, 0.1) is 0 Å². The van der Waals surface area contributed by atoms with Crippen molar-refractivity contribution in [1.82, 2.24) is 15.0 Å². The summed E-state index contributed by atoms with van der Waals surface area (Å²) >= 11 is 0. The maximum Gasteiger partial charge on any atom is 0.250 e. The van der Waals surface area contributed by atoms with Gasteiger partial charge in [0, 0.05) is 11.3 Å². The van der Waals surface area contributed by atoms with Gasteiger partial charge in [-0.15, -0.1) is 0 Å². The molecule has 0 unspecified atom stereocenters. The molecule has 0 aliphatic rings. The van der Waals surface area contributed by atoms with E-state index in [-0.39, 0.29) is 11.7 Å². The van der Waals surface area contributed by atoms with Crippen molar-refractivity contribution in [2.75, 3.05) is 23.2 Å². The van der Waals surface area contributed by atoms with Gasteiger partial charge in [0.15, 0.2) is 0 Å². The minimum Gasteiger partial charge on any atom is -0.507 e. The van der Waals surface area contributed by atoms with Crippen LogP contribution in [0.25, 0.3) is 0 Å². The third kappa shape index (κ3) is 5.51. The number of phenolic OH excluding ortho intramolecular Hbond substituents is 1. The summed E-state index contributed by atoms with van der Waals surface area (Å²) in [6.07, 6.45) is 3.08. The predicted molar refractivity (Wildman–Crippen MR) is 121 cm³/mol. The van der Waals surface area contributed by atoms with Crippen molar-refractivity contribution in [1.29, 1.82) is 0 Å². The molecule has 0 amide bonds. The first kappa shape index (κ1) is 20.7. The van der Waals surface area contributed by atoms with Crippen LogP contribution in [0.2, 0.25) is 0 Å². The van der Waals surface area contributed by atoms with Crippen LogP contribution >= 0.6 is 0 Å². The van der Waals surface area contributed by atoms with E-state index in [0.29, 0.717) is 24.0 Å². The van der Waals surface area contributed by atoms with Crippen molar-refractivity contribution in [3.05, 3.63) is 78.3 Å². The molecular formula is C22H21N7O3. The third-order valence-corrected chi connectivity index (χ3v) is 4.29. The maximum absolute atomic E-state index is 9.86. The summed E-state index contributed by atoms with van der Waals surface area (Å²) in [5.74, 6) is 2.45. The second kappa shape index (κ2) is 9.94. The molecule has 4 aromatic rings. The minimum absolute atomic E-state index is 0.122. The van der Waals surface area contributed by atoms with Gasteiger partial charge in [0.25, 0.3) is 0 Å². The van der Waals surface area contributed by atoms with Crippen molar-refractivity contribution < 1.29 is 14.3 Å². The first-order valence-electron chi connectivity index (χ1n) is 9.70. The monoisotopic (exact) mass is 431 g/mol. The van der Waals surface area contributed by atoms with Gasteiger partial charge < -0.3 is 24.9 Å². The lowest BCUT2D eigenvalue weighted by Gasteiger charge is -2.10. The number of nitrogens with one attached hydrogen (secondary N) is 3. The summed E-state index contributed by atoms with van der Waals surface area (Å²) in [5.41, 5.74) is 4.10. The molecule has 0 saturated carbocycles. The van der Waals surface area contributed by atoms with E-state index in [1.807, 2.05) is 36.4 Å². The molecule has 162 valence electrons. The van der Waals surface area contributed by atoms with Gasteiger partial charge in [-0.05, 0) is 48.5 Å². The summed E-state index contributed by atoms with van der Waals surface area (Å²) in [5, 5.41) is 20.2. The molecule has 0 radical (unpaired) electrons. The standard InChI is InChI=1S/C22H21N7O3/c1-31-17-10-8-16(9-11-17)25-21-26-20(23-14-18-6-4-12-32-18)27-22(28-21)29-24-13-15-5-2-3-7-19(15)30/h2-13,30H,14H2,1H3,(H3,23,25,26,27,28,29)/b24-13+. The quantitative estimate of drug-likeness (QED) is 0.230. The molecule has 0 atom stereocenters. The lowest BCUT2D eigenvalue weighted by atomic mass is 10.2. The number of aromatic nitrogens is 3. The SMILES string of the molecule is COc1ccc(Nc2nc(NCc3ccco3)nc(N/N=C/c3ccccc3O)n2)cc1. The number of furan rings is 1. The number of hydrogen-bond acceptors (Lipinski definition) is 10. The van der Waals surface area contributed by atoms with E-state index < -0.39 is 0 Å². The van der Waals surface area contributed by atoms with Crippen LogP contribution in [-0.4, -0.2) is 33.4 Å². The molecule has 4 rings (SSSR count). The molecular weight excluding hydrogens is 410 g/mol. The number of anilines is 4. The molecule has 0 spiro atoms. The Labute approximate surface area is 184 Å². The Bertz CT molecular complexity index is 1180. The number of hydrogen-bond donors (Lipinski definition) is 4. The highest BCUT2D eigenvalue weighted by atomic mass is 16.5. The Kier molecular flexibility index (Phi) is 6.42. The van der Waals surface area contributed by atoms with Crippen molar-refractivity contribution in [2.24, 2.45) is 5.10 Å². The first-order chi connectivity index (χ1) is 15.7. The molecule has 10 heteroatoms. The summed E-state index contributed by atoms with van der Waals surface area (Å²) in [7, 11) is 1.61. The number of para-hydroxylation sites is 1. The fourth-order valence-corrected chi connectivity index (χ4v) is 2.70. The number of nitrogens with zero attached hydrogens (tertiary/aromatic N) is 4. The lowest BCUT2D eigenvalue weighted by molar-refractivity contribution is 0.415. The fraction of sp³-hybridized carbons (Fsp3) is 0.0909. The molecule has 4 N–H and O–H groups in total. The van der Waals surface area contributed by atoms with Crippen molar-refractivity contribution >= 4 is 29.7 Å². The Morgan fingerprint density at radius 2 is 1.75 bits per heavy atom. The molecule has 0 aliphatic carbocycles. The third-order valence-electron chi connectivity index (χ3n) is 4.29. The number of ether oxygens (including phenoxy) is 1. The summed E-state index contributed by atoms with van der Waals surface area (Å²) in [6, 6.07) is 17.9. The second-order valence-electron chi connectivity index (χ2n) is 6.52. The highest BCUT2D eigenvalue weighted by Crippen LogP contribution is 2.20. The lowest BCUT2D eigenvalue weighted by Crippen LogP contribution is -2.09. The van der Waals surface area contributed by atoms with Gasteiger partial charge in [-0.2, -0.15) is 20.1 Å². The number of phenols is 1. The van der Waals surface area contributed by atoms with E-state index in [2.05, 4.69) is 36.1 Å². The average molecular weight is 431 g/mol. The zero-order valence-electron chi connectivity index (χ0n) is 17.2. The van der Waals surface area contributed by atoms with Gasteiger partial charge in [-0.1, -0.05) is 12.1 Å². The van der Waals surface area contributed by atoms with Gasteiger partial charge >= 0.3 is 0 Å². The normalized spacial score (nSPS) is 10.8. The maximum atomic E-state index is 9.86. The minimum atomic E-state index is 0.122. The first-order valence-corrected chi connectivity index (χ1v) is 9.70. The van der Waals surface area contributed by atoms with Gasteiger partial charge in [0.05, 0.1) is 26.1 Å². The number of benzene rings is 2. The smallest absolute Gasteiger partial charge is 0.250 e. The summed E-state index contributed by atoms with van der Waals surface area (Å²) < 4.78 is 10.5. The molecule has 10 nitrogen and oxygen atoms in total. The number of aromatic hydroxyl groups is 1. The van der Waals surface area contributed by atoms with E-state index in [1.54, 1.807) is 37.6 Å². The van der Waals surface area contributed by atoms with Crippen LogP contribution in [0.15, 0.2) is 76.4 Å². The fourth-order valence-electron chi connectivity index (χ4n) is 2.70. The van der Waals surface area contributed by atoms with E-state index in [9.17, 15) is 5.11 Å². The van der Waals surface area contributed by atoms with Crippen molar-refractivity contribution in [3.8, 4) is 11.5 Å². The van der Waals surface area contributed by atoms with Crippen molar-refractivity contribution in [3.63, 3.8) is 0 Å². The van der Waals surface area contributed by atoms with Crippen molar-refractivity contribution in [2.45, 2.75) is 6.54 Å². The van der Waals surface area contributed by atoms with Gasteiger partial charge in [0.2, 0.25) is 17.8 Å². The predicted octanol–water partition coefficient (Wildman–Crippen LogP) is 3.98. The molecule has 0 bridgehead atoms. The Morgan fingerprint density at radius 1 is 0.969 bits per heavy atom. The van der Waals surface area contributed by atoms with Gasteiger partial charge in [0.1, 0.15) is 17.3 Å². The second-order valence-corrected chi connectivity index (χ2v) is 6.52. The van der Waals surface area contributed by atoms with Crippen LogP contribution in [-0.2, 0) is 6.54 Å².